The zero-order chi connectivity index (χ0) is 17.4. The maximum Gasteiger partial charge on any atom is 0.174 e. The number of aromatic hydroxyl groups is 1. The minimum Gasteiger partial charge on any atom is -0.508 e. The second-order valence-corrected chi connectivity index (χ2v) is 8.58. The van der Waals surface area contributed by atoms with Crippen LogP contribution < -0.4 is 0 Å². The number of hydrogen-bond donors (Lipinski definition) is 3. The normalized spacial score (nSPS) is 44.4. The minimum absolute atomic E-state index is 0.0356. The highest BCUT2D eigenvalue weighted by Crippen LogP contribution is 2.67. The summed E-state index contributed by atoms with van der Waals surface area (Å²) in [6.07, 6.45) is 2.84. The van der Waals surface area contributed by atoms with E-state index in [0.29, 0.717) is 32.5 Å². The third kappa shape index (κ3) is 1.87. The van der Waals surface area contributed by atoms with Crippen LogP contribution in [-0.4, -0.2) is 46.0 Å². The van der Waals surface area contributed by atoms with Crippen LogP contribution >= 0.6 is 0 Å². The molecule has 1 aliphatic heterocycles. The highest BCUT2D eigenvalue weighted by Gasteiger charge is 2.71. The second-order valence-electron chi connectivity index (χ2n) is 8.58. The smallest absolute Gasteiger partial charge is 0.174 e. The lowest BCUT2D eigenvalue weighted by Crippen LogP contribution is -2.63. The van der Waals surface area contributed by atoms with Crippen molar-refractivity contribution < 1.29 is 24.8 Å². The highest BCUT2D eigenvalue weighted by molar-refractivity contribution is 5.43. The molecule has 1 saturated heterocycles. The largest absolute Gasteiger partial charge is 0.508 e. The molecule has 1 aromatic rings. The first-order valence-electron chi connectivity index (χ1n) is 9.40. The van der Waals surface area contributed by atoms with E-state index in [2.05, 4.69) is 6.92 Å². The van der Waals surface area contributed by atoms with Gasteiger partial charge in [0.25, 0.3) is 0 Å². The molecule has 5 nitrogen and oxygen atoms in total. The van der Waals surface area contributed by atoms with Crippen LogP contribution in [-0.2, 0) is 15.9 Å². The number of rotatable bonds is 0. The first-order chi connectivity index (χ1) is 11.9. The van der Waals surface area contributed by atoms with E-state index in [4.69, 9.17) is 9.47 Å². The summed E-state index contributed by atoms with van der Waals surface area (Å²) in [5.74, 6) is -0.693. The summed E-state index contributed by atoms with van der Waals surface area (Å²) >= 11 is 0. The van der Waals surface area contributed by atoms with Crippen LogP contribution in [0.1, 0.15) is 49.7 Å². The van der Waals surface area contributed by atoms with Gasteiger partial charge in [-0.1, -0.05) is 13.0 Å². The average Bonchev–Trinajstić information content (AvgIpc) is 3.15. The Morgan fingerprint density at radius 2 is 1.92 bits per heavy atom. The molecule has 0 bridgehead atoms. The second kappa shape index (κ2) is 4.97. The molecular weight excluding hydrogens is 320 g/mol. The fourth-order valence-corrected chi connectivity index (χ4v) is 6.59. The summed E-state index contributed by atoms with van der Waals surface area (Å²) in [5.41, 5.74) is 0.673. The zero-order valence-electron chi connectivity index (χ0n) is 14.6. The number of ether oxygens (including phenoxy) is 2. The lowest BCUT2D eigenvalue weighted by atomic mass is 9.51. The Bertz CT molecular complexity index is 712. The van der Waals surface area contributed by atoms with E-state index in [1.54, 1.807) is 12.1 Å². The molecule has 2 saturated carbocycles. The van der Waals surface area contributed by atoms with Crippen molar-refractivity contribution in [2.45, 2.75) is 62.4 Å². The monoisotopic (exact) mass is 346 g/mol. The first kappa shape index (κ1) is 16.1. The molecular formula is C20H26O5. The van der Waals surface area contributed by atoms with Crippen LogP contribution in [0.3, 0.4) is 0 Å². The molecule has 0 radical (unpaired) electrons. The maximum atomic E-state index is 11.8. The van der Waals surface area contributed by atoms with Crippen LogP contribution in [0, 0.1) is 11.3 Å². The molecule has 1 aromatic carbocycles. The SMILES string of the molecule is C[C@]12C[C@@H](O)[C@@H]3c4ccc(O)cc4CC[C@]3(O)[C@@H]1CCC21OCCO1. The predicted octanol–water partition coefficient (Wildman–Crippen LogP) is 2.08. The van der Waals surface area contributed by atoms with Crippen molar-refractivity contribution in [3.8, 4) is 5.75 Å². The third-order valence-electron chi connectivity index (χ3n) is 7.57. The van der Waals surface area contributed by atoms with Crippen molar-refractivity contribution in [1.29, 1.82) is 0 Å². The van der Waals surface area contributed by atoms with E-state index in [9.17, 15) is 15.3 Å². The number of fused-ring (bicyclic) bond motifs is 6. The van der Waals surface area contributed by atoms with Crippen molar-refractivity contribution in [3.05, 3.63) is 29.3 Å². The summed E-state index contributed by atoms with van der Waals surface area (Å²) in [5, 5.41) is 32.7. The van der Waals surface area contributed by atoms with Gasteiger partial charge in [-0.3, -0.25) is 0 Å². The van der Waals surface area contributed by atoms with Gasteiger partial charge in [0.1, 0.15) is 5.75 Å². The highest BCUT2D eigenvalue weighted by atomic mass is 16.7. The molecule has 136 valence electrons. The molecule has 3 fully saturated rings. The van der Waals surface area contributed by atoms with Crippen LogP contribution in [0.4, 0.5) is 0 Å². The predicted molar refractivity (Wildman–Crippen MR) is 90.2 cm³/mol. The van der Waals surface area contributed by atoms with Crippen LogP contribution in [0.2, 0.25) is 0 Å². The molecule has 4 aliphatic rings. The Morgan fingerprint density at radius 1 is 1.16 bits per heavy atom. The number of hydrogen-bond acceptors (Lipinski definition) is 5. The van der Waals surface area contributed by atoms with E-state index < -0.39 is 17.5 Å². The number of phenols is 1. The minimum atomic E-state index is -0.963. The average molecular weight is 346 g/mol. The van der Waals surface area contributed by atoms with Crippen LogP contribution in [0.15, 0.2) is 18.2 Å². The number of aliphatic hydroxyl groups excluding tert-OH is 1. The topological polar surface area (TPSA) is 79.2 Å². The molecule has 0 amide bonds. The van der Waals surface area contributed by atoms with Gasteiger partial charge in [-0.25, -0.2) is 0 Å². The first-order valence-corrected chi connectivity index (χ1v) is 9.40. The molecule has 25 heavy (non-hydrogen) atoms. The van der Waals surface area contributed by atoms with E-state index in [1.807, 2.05) is 6.07 Å². The molecule has 5 rings (SSSR count). The standard InChI is InChI=1S/C20H26O5/c1-18-11-15(22)17-14-3-2-13(21)10-12(14)4-6-19(17,23)16(18)5-7-20(18)24-8-9-25-20/h2-3,10,15-17,21-23H,4-9,11H2,1H3/t15-,16-,17+,18+,19+/m1/s1. The van der Waals surface area contributed by atoms with Gasteiger partial charge in [0.05, 0.1) is 24.9 Å². The summed E-state index contributed by atoms with van der Waals surface area (Å²) in [4.78, 5) is 0. The summed E-state index contributed by atoms with van der Waals surface area (Å²) in [6, 6.07) is 5.30. The molecule has 3 N–H and O–H groups in total. The van der Waals surface area contributed by atoms with Gasteiger partial charge in [-0.05, 0) is 54.9 Å². The van der Waals surface area contributed by atoms with Crippen LogP contribution in [0.5, 0.6) is 5.75 Å². The van der Waals surface area contributed by atoms with E-state index in [-0.39, 0.29) is 23.0 Å². The number of benzene rings is 1. The molecule has 0 aromatic heterocycles. The van der Waals surface area contributed by atoms with Gasteiger partial charge in [-0.15, -0.1) is 0 Å². The Hall–Kier alpha value is -1.14. The number of phenolic OH excluding ortho intramolecular Hbond substituents is 1. The quantitative estimate of drug-likeness (QED) is 0.670. The van der Waals surface area contributed by atoms with E-state index in [1.165, 1.54) is 0 Å². The van der Waals surface area contributed by atoms with E-state index in [0.717, 1.165) is 24.0 Å². The lowest BCUT2D eigenvalue weighted by Gasteiger charge is -2.58. The molecule has 3 aliphatic carbocycles. The van der Waals surface area contributed by atoms with Crippen molar-refractivity contribution in [3.63, 3.8) is 0 Å². The lowest BCUT2D eigenvalue weighted by molar-refractivity contribution is -0.268. The van der Waals surface area contributed by atoms with Gasteiger partial charge in [0.15, 0.2) is 5.79 Å². The van der Waals surface area contributed by atoms with Gasteiger partial charge >= 0.3 is 0 Å². The molecule has 0 unspecified atom stereocenters. The molecule has 1 spiro atoms. The number of aliphatic hydroxyl groups is 2. The molecule has 5 atom stereocenters. The van der Waals surface area contributed by atoms with Gasteiger partial charge in [-0.2, -0.15) is 0 Å². The van der Waals surface area contributed by atoms with Gasteiger partial charge in [0, 0.05) is 17.8 Å². The third-order valence-corrected chi connectivity index (χ3v) is 7.57. The van der Waals surface area contributed by atoms with Gasteiger partial charge in [0.2, 0.25) is 0 Å². The Labute approximate surface area is 147 Å². The van der Waals surface area contributed by atoms with Crippen molar-refractivity contribution in [1.82, 2.24) is 0 Å². The van der Waals surface area contributed by atoms with Crippen LogP contribution in [0.25, 0.3) is 0 Å². The summed E-state index contributed by atoms with van der Waals surface area (Å²) in [7, 11) is 0. The summed E-state index contributed by atoms with van der Waals surface area (Å²) in [6.45, 7) is 3.30. The molecule has 1 heterocycles. The Morgan fingerprint density at radius 3 is 2.68 bits per heavy atom. The molecule has 5 heteroatoms. The van der Waals surface area contributed by atoms with E-state index >= 15 is 0 Å². The fourth-order valence-electron chi connectivity index (χ4n) is 6.59. The van der Waals surface area contributed by atoms with Crippen molar-refractivity contribution in [2.24, 2.45) is 11.3 Å². The Kier molecular flexibility index (Phi) is 3.20. The van der Waals surface area contributed by atoms with Crippen molar-refractivity contribution in [2.75, 3.05) is 13.2 Å². The van der Waals surface area contributed by atoms with Gasteiger partial charge < -0.3 is 24.8 Å². The zero-order valence-corrected chi connectivity index (χ0v) is 14.6. The fraction of sp³-hybridized carbons (Fsp3) is 0.700. The maximum absolute atomic E-state index is 11.8. The Balaban J connectivity index is 1.61. The van der Waals surface area contributed by atoms with Crippen molar-refractivity contribution >= 4 is 0 Å². The number of aryl methyl sites for hydroxylation is 1. The summed E-state index contributed by atoms with van der Waals surface area (Å²) < 4.78 is 12.1.